The van der Waals surface area contributed by atoms with E-state index in [2.05, 4.69) is 10.3 Å². The van der Waals surface area contributed by atoms with E-state index in [0.717, 1.165) is 30.5 Å². The predicted octanol–water partition coefficient (Wildman–Crippen LogP) is 3.48. The Kier molecular flexibility index (Phi) is 6.74. The summed E-state index contributed by atoms with van der Waals surface area (Å²) in [5.74, 6) is 0.162. The van der Waals surface area contributed by atoms with E-state index in [1.165, 1.54) is 12.1 Å². The van der Waals surface area contributed by atoms with Crippen molar-refractivity contribution in [2.24, 2.45) is 5.92 Å². The Morgan fingerprint density at radius 3 is 2.54 bits per heavy atom. The van der Waals surface area contributed by atoms with E-state index >= 15 is 0 Å². The summed E-state index contributed by atoms with van der Waals surface area (Å²) in [4.78, 5) is 30.8. The fourth-order valence-electron chi connectivity index (χ4n) is 3.48. The molecule has 0 spiro atoms. The first-order valence-corrected chi connectivity index (χ1v) is 9.75. The number of pyridine rings is 1. The van der Waals surface area contributed by atoms with Crippen molar-refractivity contribution in [2.75, 3.05) is 13.1 Å². The molecule has 1 aromatic carbocycles. The summed E-state index contributed by atoms with van der Waals surface area (Å²) in [7, 11) is 0. The summed E-state index contributed by atoms with van der Waals surface area (Å²) in [5, 5.41) is 2.88. The number of likely N-dealkylation sites (tertiary alicyclic amines) is 1. The van der Waals surface area contributed by atoms with Crippen LogP contribution < -0.4 is 5.32 Å². The molecule has 0 atom stereocenters. The number of nitrogens with zero attached hydrogens (tertiary/aromatic N) is 2. The average molecular weight is 383 g/mol. The molecule has 28 heavy (non-hydrogen) atoms. The van der Waals surface area contributed by atoms with Crippen LogP contribution in [0, 0.1) is 18.7 Å². The van der Waals surface area contributed by atoms with E-state index < -0.39 is 0 Å². The Labute approximate surface area is 165 Å². The standard InChI is InChI=1S/C22H26FN3O2/c1-16-3-2-4-20(25-16)22(28)26-13-11-17(12-14-26)7-10-21(27)24-15-18-5-8-19(23)9-6-18/h2-6,8-9,17H,7,10-15H2,1H3,(H,24,27). The van der Waals surface area contributed by atoms with Crippen molar-refractivity contribution in [3.05, 3.63) is 65.2 Å². The zero-order valence-corrected chi connectivity index (χ0v) is 16.2. The number of amides is 2. The third kappa shape index (κ3) is 5.62. The highest BCUT2D eigenvalue weighted by molar-refractivity contribution is 5.92. The van der Waals surface area contributed by atoms with Crippen LogP contribution in [-0.4, -0.2) is 34.8 Å². The highest BCUT2D eigenvalue weighted by Crippen LogP contribution is 2.23. The van der Waals surface area contributed by atoms with Gasteiger partial charge in [0.1, 0.15) is 11.5 Å². The second kappa shape index (κ2) is 9.44. The molecule has 1 aromatic heterocycles. The van der Waals surface area contributed by atoms with E-state index in [-0.39, 0.29) is 17.6 Å². The number of carbonyl (C=O) groups excluding carboxylic acids is 2. The average Bonchev–Trinajstić information content (AvgIpc) is 2.71. The van der Waals surface area contributed by atoms with Crippen LogP contribution in [0.5, 0.6) is 0 Å². The van der Waals surface area contributed by atoms with Gasteiger partial charge in [-0.3, -0.25) is 9.59 Å². The Morgan fingerprint density at radius 2 is 1.86 bits per heavy atom. The summed E-state index contributed by atoms with van der Waals surface area (Å²) < 4.78 is 12.9. The molecule has 0 saturated carbocycles. The summed E-state index contributed by atoms with van der Waals surface area (Å²) in [5.41, 5.74) is 2.22. The summed E-state index contributed by atoms with van der Waals surface area (Å²) in [6.07, 6.45) is 3.10. The minimum atomic E-state index is -0.280. The van der Waals surface area contributed by atoms with Crippen LogP contribution in [0.25, 0.3) is 0 Å². The molecule has 0 aliphatic carbocycles. The number of piperidine rings is 1. The highest BCUT2D eigenvalue weighted by Gasteiger charge is 2.24. The van der Waals surface area contributed by atoms with E-state index in [1.807, 2.05) is 24.0 Å². The molecule has 1 aliphatic heterocycles. The van der Waals surface area contributed by atoms with Crippen molar-refractivity contribution < 1.29 is 14.0 Å². The van der Waals surface area contributed by atoms with Crippen LogP contribution in [0.2, 0.25) is 0 Å². The van der Waals surface area contributed by atoms with Crippen molar-refractivity contribution in [3.63, 3.8) is 0 Å². The van der Waals surface area contributed by atoms with Crippen molar-refractivity contribution >= 4 is 11.8 Å². The number of benzene rings is 1. The first kappa shape index (κ1) is 20.0. The Bertz CT molecular complexity index is 815. The Balaban J connectivity index is 1.37. The van der Waals surface area contributed by atoms with Crippen LogP contribution in [0.1, 0.15) is 47.4 Å². The van der Waals surface area contributed by atoms with Gasteiger partial charge in [0, 0.05) is 31.7 Å². The zero-order chi connectivity index (χ0) is 19.9. The van der Waals surface area contributed by atoms with Gasteiger partial charge in [0.05, 0.1) is 0 Å². The number of aryl methyl sites for hydroxylation is 1. The lowest BCUT2D eigenvalue weighted by Crippen LogP contribution is -2.39. The van der Waals surface area contributed by atoms with E-state index in [4.69, 9.17) is 0 Å². The van der Waals surface area contributed by atoms with Gasteiger partial charge in [-0.25, -0.2) is 9.37 Å². The molecule has 6 heteroatoms. The van der Waals surface area contributed by atoms with E-state index in [0.29, 0.717) is 37.7 Å². The molecule has 0 radical (unpaired) electrons. The van der Waals surface area contributed by atoms with Gasteiger partial charge >= 0.3 is 0 Å². The first-order chi connectivity index (χ1) is 13.5. The number of hydrogen-bond donors (Lipinski definition) is 1. The van der Waals surface area contributed by atoms with Gasteiger partial charge in [-0.1, -0.05) is 18.2 Å². The molecule has 2 aromatic rings. The number of rotatable bonds is 6. The largest absolute Gasteiger partial charge is 0.352 e. The van der Waals surface area contributed by atoms with Crippen molar-refractivity contribution in [1.29, 1.82) is 0 Å². The maximum atomic E-state index is 12.9. The minimum Gasteiger partial charge on any atom is -0.352 e. The molecule has 1 fully saturated rings. The molecule has 2 amide bonds. The number of halogens is 1. The second-order valence-electron chi connectivity index (χ2n) is 7.34. The number of aromatic nitrogens is 1. The Hall–Kier alpha value is -2.76. The van der Waals surface area contributed by atoms with E-state index in [1.54, 1.807) is 18.2 Å². The van der Waals surface area contributed by atoms with E-state index in [9.17, 15) is 14.0 Å². The highest BCUT2D eigenvalue weighted by atomic mass is 19.1. The topological polar surface area (TPSA) is 62.3 Å². The van der Waals surface area contributed by atoms with Gasteiger partial charge in [0.25, 0.3) is 5.91 Å². The van der Waals surface area contributed by atoms with Crippen molar-refractivity contribution in [1.82, 2.24) is 15.2 Å². The SMILES string of the molecule is Cc1cccc(C(=O)N2CCC(CCC(=O)NCc3ccc(F)cc3)CC2)n1. The van der Waals surface area contributed by atoms with Gasteiger partial charge in [-0.2, -0.15) is 0 Å². The lowest BCUT2D eigenvalue weighted by molar-refractivity contribution is -0.121. The van der Waals surface area contributed by atoms with Gasteiger partial charge < -0.3 is 10.2 Å². The van der Waals surface area contributed by atoms with Gasteiger partial charge in [-0.15, -0.1) is 0 Å². The molecule has 1 saturated heterocycles. The molecule has 3 rings (SSSR count). The molecule has 2 heterocycles. The van der Waals surface area contributed by atoms with Crippen molar-refractivity contribution in [3.8, 4) is 0 Å². The van der Waals surface area contributed by atoms with Crippen LogP contribution in [0.4, 0.5) is 4.39 Å². The third-order valence-corrected chi connectivity index (χ3v) is 5.19. The molecule has 1 aliphatic rings. The summed E-state index contributed by atoms with van der Waals surface area (Å²) in [6.45, 7) is 3.70. The minimum absolute atomic E-state index is 0.00629. The van der Waals surface area contributed by atoms with Crippen LogP contribution in [-0.2, 0) is 11.3 Å². The van der Waals surface area contributed by atoms with Gasteiger partial charge in [0.15, 0.2) is 0 Å². The molecule has 0 bridgehead atoms. The number of hydrogen-bond acceptors (Lipinski definition) is 3. The second-order valence-corrected chi connectivity index (χ2v) is 7.34. The molecular weight excluding hydrogens is 357 g/mol. The quantitative estimate of drug-likeness (QED) is 0.831. The molecular formula is C22H26FN3O2. The van der Waals surface area contributed by atoms with Gasteiger partial charge in [0.2, 0.25) is 5.91 Å². The fraction of sp³-hybridized carbons (Fsp3) is 0.409. The normalized spacial score (nSPS) is 14.7. The number of nitrogens with one attached hydrogen (secondary N) is 1. The van der Waals surface area contributed by atoms with Crippen LogP contribution in [0.3, 0.4) is 0 Å². The van der Waals surface area contributed by atoms with Crippen LogP contribution >= 0.6 is 0 Å². The molecule has 148 valence electrons. The maximum Gasteiger partial charge on any atom is 0.272 e. The molecule has 1 N–H and O–H groups in total. The zero-order valence-electron chi connectivity index (χ0n) is 16.2. The summed E-state index contributed by atoms with van der Waals surface area (Å²) in [6, 6.07) is 11.6. The summed E-state index contributed by atoms with van der Waals surface area (Å²) >= 11 is 0. The fourth-order valence-corrected chi connectivity index (χ4v) is 3.48. The van der Waals surface area contributed by atoms with Crippen LogP contribution in [0.15, 0.2) is 42.5 Å². The third-order valence-electron chi connectivity index (χ3n) is 5.19. The number of carbonyl (C=O) groups is 2. The molecule has 5 nitrogen and oxygen atoms in total. The van der Waals surface area contributed by atoms with Gasteiger partial charge in [-0.05, 0) is 61.9 Å². The Morgan fingerprint density at radius 1 is 1.14 bits per heavy atom. The smallest absolute Gasteiger partial charge is 0.272 e. The lowest BCUT2D eigenvalue weighted by Gasteiger charge is -2.31. The predicted molar refractivity (Wildman–Crippen MR) is 105 cm³/mol. The van der Waals surface area contributed by atoms with Crippen molar-refractivity contribution in [2.45, 2.75) is 39.2 Å². The lowest BCUT2D eigenvalue weighted by atomic mass is 9.92. The molecule has 0 unspecified atom stereocenters. The monoisotopic (exact) mass is 383 g/mol. The maximum absolute atomic E-state index is 12.9. The first-order valence-electron chi connectivity index (χ1n) is 9.75.